The second-order valence-electron chi connectivity index (χ2n) is 14.5. The topological polar surface area (TPSA) is 95.2 Å². The fourth-order valence-corrected chi connectivity index (χ4v) is 7.61. The van der Waals surface area contributed by atoms with Crippen molar-refractivity contribution in [2.45, 2.75) is 57.7 Å². The van der Waals surface area contributed by atoms with Crippen LogP contribution in [-0.4, -0.2) is 89.5 Å². The van der Waals surface area contributed by atoms with Gasteiger partial charge in [-0.2, -0.15) is 0 Å². The first-order chi connectivity index (χ1) is 23.0. The summed E-state index contributed by atoms with van der Waals surface area (Å²) in [4.78, 5) is 31.4. The van der Waals surface area contributed by atoms with Crippen molar-refractivity contribution in [1.29, 1.82) is 0 Å². The summed E-state index contributed by atoms with van der Waals surface area (Å²) in [6.07, 6.45) is 5.01. The Morgan fingerprint density at radius 2 is 1.85 bits per heavy atom. The number of fused-ring (bicyclic) bond motifs is 2. The third-order valence-corrected chi connectivity index (χ3v) is 9.86. The Balaban J connectivity index is 1.31. The summed E-state index contributed by atoms with van der Waals surface area (Å²) in [5, 5.41) is 23.4. The molecule has 0 aliphatic carbocycles. The van der Waals surface area contributed by atoms with E-state index in [1.54, 1.807) is 4.57 Å². The molecular formula is C39H49N4O5+. The third kappa shape index (κ3) is 7.22. The molecule has 254 valence electrons. The Bertz CT molecular complexity index is 1780. The van der Waals surface area contributed by atoms with Crippen LogP contribution in [0.3, 0.4) is 0 Å². The zero-order valence-corrected chi connectivity index (χ0v) is 28.6. The first-order valence-electron chi connectivity index (χ1n) is 17.2. The second kappa shape index (κ2) is 14.0. The van der Waals surface area contributed by atoms with E-state index in [2.05, 4.69) is 51.2 Å². The van der Waals surface area contributed by atoms with Gasteiger partial charge in [-0.25, -0.2) is 0 Å². The number of carbonyl (C=O) groups is 2. The van der Waals surface area contributed by atoms with Crippen molar-refractivity contribution >= 4 is 28.3 Å². The third-order valence-electron chi connectivity index (χ3n) is 9.86. The van der Waals surface area contributed by atoms with Gasteiger partial charge in [-0.05, 0) is 48.2 Å². The van der Waals surface area contributed by atoms with E-state index in [0.29, 0.717) is 32.7 Å². The first kappa shape index (κ1) is 33.6. The average Bonchev–Trinajstić information content (AvgIpc) is 3.75. The normalized spacial score (nSPS) is 19.4. The minimum absolute atomic E-state index is 0.0301. The van der Waals surface area contributed by atoms with Crippen LogP contribution in [0.2, 0.25) is 0 Å². The Morgan fingerprint density at radius 3 is 2.60 bits per heavy atom. The van der Waals surface area contributed by atoms with Gasteiger partial charge in [-0.3, -0.25) is 14.5 Å². The van der Waals surface area contributed by atoms with Gasteiger partial charge < -0.3 is 28.9 Å². The van der Waals surface area contributed by atoms with Gasteiger partial charge in [0.1, 0.15) is 12.3 Å². The summed E-state index contributed by atoms with van der Waals surface area (Å²) >= 11 is 0. The number of amides is 1. The predicted molar refractivity (Wildman–Crippen MR) is 189 cm³/mol. The number of aromatic nitrogens is 1. The molecular weight excluding hydrogens is 604 g/mol. The van der Waals surface area contributed by atoms with Crippen molar-refractivity contribution in [3.05, 3.63) is 89.6 Å². The molecule has 1 fully saturated rings. The van der Waals surface area contributed by atoms with Gasteiger partial charge >= 0.3 is 5.97 Å². The number of benzene rings is 3. The molecule has 3 aromatic carbocycles. The van der Waals surface area contributed by atoms with E-state index in [1.165, 1.54) is 5.56 Å². The molecule has 0 radical (unpaired) electrons. The molecule has 0 bridgehead atoms. The Hall–Kier alpha value is -4.34. The van der Waals surface area contributed by atoms with Crippen LogP contribution in [-0.2, 0) is 29.1 Å². The van der Waals surface area contributed by atoms with E-state index < -0.39 is 17.9 Å². The molecule has 4 aromatic rings. The van der Waals surface area contributed by atoms with Crippen molar-refractivity contribution in [3.63, 3.8) is 0 Å². The number of carboxylic acids is 1. The molecule has 1 saturated heterocycles. The number of ether oxygens (including phenoxy) is 1. The maximum absolute atomic E-state index is 14.3. The molecule has 48 heavy (non-hydrogen) atoms. The van der Waals surface area contributed by atoms with Gasteiger partial charge in [-0.1, -0.05) is 55.8 Å². The lowest BCUT2D eigenvalue weighted by molar-refractivity contribution is -0.884. The number of aryl methyl sites for hydroxylation is 1. The van der Waals surface area contributed by atoms with E-state index in [1.807, 2.05) is 59.6 Å². The van der Waals surface area contributed by atoms with Crippen LogP contribution in [0.5, 0.6) is 11.6 Å². The number of nitrogens with zero attached hydrogens (tertiary/aromatic N) is 4. The van der Waals surface area contributed by atoms with Gasteiger partial charge in [0, 0.05) is 66.2 Å². The van der Waals surface area contributed by atoms with Crippen molar-refractivity contribution in [3.8, 4) is 11.6 Å². The number of rotatable bonds is 13. The molecule has 2 aliphatic rings. The number of carboxylic acid groups (broad SMARTS) is 1. The number of aromatic hydroxyl groups is 1. The molecule has 1 aromatic heterocycles. The molecule has 3 atom stereocenters. The van der Waals surface area contributed by atoms with Gasteiger partial charge in [0.15, 0.2) is 5.88 Å². The number of hydrogen-bond acceptors (Lipinski definition) is 5. The van der Waals surface area contributed by atoms with Crippen LogP contribution >= 0.6 is 0 Å². The lowest BCUT2D eigenvalue weighted by Gasteiger charge is -2.30. The highest BCUT2D eigenvalue weighted by Gasteiger charge is 2.47. The highest BCUT2D eigenvalue weighted by molar-refractivity contribution is 5.95. The van der Waals surface area contributed by atoms with Gasteiger partial charge in [-0.15, -0.1) is 0 Å². The Labute approximate surface area is 283 Å². The molecule has 9 heteroatoms. The molecule has 2 N–H and O–H groups in total. The van der Waals surface area contributed by atoms with Crippen LogP contribution < -0.4 is 9.64 Å². The summed E-state index contributed by atoms with van der Waals surface area (Å²) in [6.45, 7) is 5.19. The standard InChI is InChI=1S/C39H48N4O5/c1-5-6-18-42(31-12-9-10-27(21-31)26-43(2,3)4)36(44)25-41-24-33(28-14-15-35-29(22-28)17-20-48-35)37(39(46)47)34(41)16-19-40-23-30-11-7-8-13-32(30)38(40)45/h7-15,21-23,33-34,37H,5-6,16-20,24-26H2,1-4H3,(H-,45,46,47)/p+1/t33-,34+,37-/m1/s1. The van der Waals surface area contributed by atoms with Gasteiger partial charge in [0.2, 0.25) is 5.91 Å². The smallest absolute Gasteiger partial charge is 0.308 e. The average molecular weight is 654 g/mol. The fourth-order valence-electron chi connectivity index (χ4n) is 7.61. The predicted octanol–water partition coefficient (Wildman–Crippen LogP) is 5.88. The van der Waals surface area contributed by atoms with E-state index in [-0.39, 0.29) is 24.2 Å². The Morgan fingerprint density at radius 1 is 1.04 bits per heavy atom. The molecule has 6 rings (SSSR count). The summed E-state index contributed by atoms with van der Waals surface area (Å²) in [5.74, 6) is -0.871. The van der Waals surface area contributed by atoms with Crippen molar-refractivity contribution in [1.82, 2.24) is 9.47 Å². The van der Waals surface area contributed by atoms with E-state index in [0.717, 1.165) is 63.6 Å². The number of anilines is 1. The number of unbranched alkanes of at least 4 members (excludes halogenated alkanes) is 1. The van der Waals surface area contributed by atoms with E-state index in [9.17, 15) is 19.8 Å². The van der Waals surface area contributed by atoms with Gasteiger partial charge in [0.25, 0.3) is 0 Å². The lowest BCUT2D eigenvalue weighted by Crippen LogP contribution is -2.45. The zero-order valence-electron chi connectivity index (χ0n) is 28.6. The molecule has 9 nitrogen and oxygen atoms in total. The summed E-state index contributed by atoms with van der Waals surface area (Å²) in [7, 11) is 6.46. The summed E-state index contributed by atoms with van der Waals surface area (Å²) in [5.41, 5.74) is 4.12. The fraction of sp³-hybridized carbons (Fsp3) is 0.436. The number of aliphatic carboxylic acids is 1. The van der Waals surface area contributed by atoms with Crippen molar-refractivity contribution < 1.29 is 29.0 Å². The SMILES string of the molecule is CCCCN(C(=O)CN1C[C@H](c2ccc3c(c2)CCO3)[C@@H](C(=O)O)[C@@H]1CCn1cc2ccccc2c1O)c1cccc(C[N+](C)(C)C)c1. The van der Waals surface area contributed by atoms with Crippen molar-refractivity contribution in [2.24, 2.45) is 5.92 Å². The van der Waals surface area contributed by atoms with Crippen molar-refractivity contribution in [2.75, 3.05) is 52.3 Å². The highest BCUT2D eigenvalue weighted by atomic mass is 16.5. The zero-order chi connectivity index (χ0) is 34.0. The molecule has 3 heterocycles. The first-order valence-corrected chi connectivity index (χ1v) is 17.2. The number of hydrogen-bond donors (Lipinski definition) is 2. The quantitative estimate of drug-likeness (QED) is 0.175. The monoisotopic (exact) mass is 653 g/mol. The molecule has 0 unspecified atom stereocenters. The van der Waals surface area contributed by atoms with Crippen LogP contribution in [0.15, 0.2) is 72.9 Å². The minimum Gasteiger partial charge on any atom is -0.494 e. The number of quaternary nitrogens is 1. The molecule has 0 saturated carbocycles. The maximum atomic E-state index is 14.3. The number of carbonyl (C=O) groups excluding carboxylic acids is 1. The maximum Gasteiger partial charge on any atom is 0.308 e. The van der Waals surface area contributed by atoms with Crippen LogP contribution in [0.25, 0.3) is 10.8 Å². The minimum atomic E-state index is -0.866. The van der Waals surface area contributed by atoms with Crippen LogP contribution in [0.1, 0.15) is 48.8 Å². The summed E-state index contributed by atoms with van der Waals surface area (Å²) < 4.78 is 8.32. The van der Waals surface area contributed by atoms with E-state index >= 15 is 0 Å². The lowest BCUT2D eigenvalue weighted by atomic mass is 9.83. The van der Waals surface area contributed by atoms with Crippen LogP contribution in [0.4, 0.5) is 5.69 Å². The van der Waals surface area contributed by atoms with Crippen LogP contribution in [0, 0.1) is 5.92 Å². The second-order valence-corrected chi connectivity index (χ2v) is 14.5. The Kier molecular flexibility index (Phi) is 9.80. The molecule has 1 amide bonds. The van der Waals surface area contributed by atoms with E-state index in [4.69, 9.17) is 4.74 Å². The largest absolute Gasteiger partial charge is 0.494 e. The van der Waals surface area contributed by atoms with Gasteiger partial charge in [0.05, 0.1) is 40.2 Å². The summed E-state index contributed by atoms with van der Waals surface area (Å²) in [6, 6.07) is 21.6. The highest BCUT2D eigenvalue weighted by Crippen LogP contribution is 2.42. The molecule has 2 aliphatic heterocycles. The molecule has 0 spiro atoms. The number of likely N-dealkylation sites (tertiary alicyclic amines) is 1.